The average molecular weight is 1040 g/mol. The fraction of sp³-hybridized carbons (Fsp3) is 0.540. The summed E-state index contributed by atoms with van der Waals surface area (Å²) < 4.78 is 8.34. The van der Waals surface area contributed by atoms with Crippen molar-refractivity contribution < 1.29 is 23.9 Å². The number of aromatic amines is 1. The number of rotatable bonds is 17. The maximum absolute atomic E-state index is 14.3. The Morgan fingerprint density at radius 1 is 0.822 bits per heavy atom. The van der Waals surface area contributed by atoms with Crippen molar-refractivity contribution in [2.24, 2.45) is 11.1 Å². The third-order valence-corrected chi connectivity index (χ3v) is 16.3. The van der Waals surface area contributed by atoms with E-state index in [1.807, 2.05) is 41.4 Å². The first kappa shape index (κ1) is 50.7. The number of H-pyrrole nitrogens is 1. The fourth-order valence-electron chi connectivity index (χ4n) is 11.1. The number of piperazine rings is 2. The van der Waals surface area contributed by atoms with Crippen LogP contribution in [0.4, 0.5) is 11.5 Å². The summed E-state index contributed by atoms with van der Waals surface area (Å²) in [6, 6.07) is 12.5. The summed E-state index contributed by atoms with van der Waals surface area (Å²) in [4.78, 5) is 81.4. The van der Waals surface area contributed by atoms with Crippen molar-refractivity contribution >= 4 is 69.4 Å². The topological polar surface area (TPSA) is 241 Å². The van der Waals surface area contributed by atoms with E-state index >= 15 is 0 Å². The van der Waals surface area contributed by atoms with Gasteiger partial charge in [-0.25, -0.2) is 15.0 Å². The molecule has 6 N–H and O–H groups in total. The lowest BCUT2D eigenvalue weighted by Gasteiger charge is -2.55. The Labute approximate surface area is 433 Å². The summed E-state index contributed by atoms with van der Waals surface area (Å²) in [5.74, 6) is 0.393. The monoisotopic (exact) mass is 1040 g/mol. The molecule has 23 heteroatoms. The van der Waals surface area contributed by atoms with E-state index in [-0.39, 0.29) is 52.7 Å². The van der Waals surface area contributed by atoms with Crippen LogP contribution >= 0.6 is 23.2 Å². The van der Waals surface area contributed by atoms with Crippen LogP contribution in [0.3, 0.4) is 0 Å². The van der Waals surface area contributed by atoms with Crippen LogP contribution in [0, 0.1) is 5.41 Å². The Morgan fingerprint density at radius 3 is 2.26 bits per heavy atom. The van der Waals surface area contributed by atoms with E-state index in [1.165, 1.54) is 0 Å². The molecule has 5 aromatic rings. The number of amides is 4. The van der Waals surface area contributed by atoms with E-state index in [0.717, 1.165) is 74.3 Å². The fourth-order valence-corrected chi connectivity index (χ4v) is 11.4. The average Bonchev–Trinajstić information content (AvgIpc) is 4.14. The van der Waals surface area contributed by atoms with E-state index in [4.69, 9.17) is 33.7 Å². The quantitative estimate of drug-likeness (QED) is 0.0665. The number of benzene rings is 1. The molecule has 388 valence electrons. The Bertz CT molecular complexity index is 2710. The molecule has 5 aliphatic heterocycles. The third kappa shape index (κ3) is 11.5. The largest absolute Gasteiger partial charge is 0.373 e. The highest BCUT2D eigenvalue weighted by molar-refractivity contribution is 6.32. The maximum Gasteiger partial charge on any atom is 0.272 e. The van der Waals surface area contributed by atoms with Crippen molar-refractivity contribution in [2.75, 3.05) is 108 Å². The number of nitrogens with zero attached hydrogens (tertiary/aromatic N) is 11. The zero-order chi connectivity index (χ0) is 50.6. The molecule has 1 atom stereocenters. The van der Waals surface area contributed by atoms with E-state index in [0.29, 0.717) is 102 Å². The number of fused-ring (bicyclic) bond motifs is 4. The summed E-state index contributed by atoms with van der Waals surface area (Å²) in [6.07, 6.45) is 11.6. The first-order chi connectivity index (χ1) is 35.4. The summed E-state index contributed by atoms with van der Waals surface area (Å²) in [5.41, 5.74) is 7.36. The van der Waals surface area contributed by atoms with Crippen LogP contribution in [-0.4, -0.2) is 188 Å². The molecule has 11 rings (SSSR count). The number of nitrogens with one attached hydrogen (secondary N) is 4. The molecule has 21 nitrogen and oxygen atoms in total. The number of piperidine rings is 1. The molecule has 1 aliphatic carbocycles. The van der Waals surface area contributed by atoms with Gasteiger partial charge in [-0.2, -0.15) is 0 Å². The molecule has 6 aliphatic rings. The number of anilines is 2. The zero-order valence-corrected chi connectivity index (χ0v) is 42.5. The summed E-state index contributed by atoms with van der Waals surface area (Å²) in [6.45, 7) is 9.54. The highest BCUT2D eigenvalue weighted by atomic mass is 35.5. The molecule has 5 saturated heterocycles. The van der Waals surface area contributed by atoms with Crippen molar-refractivity contribution in [3.8, 4) is 0 Å². The minimum absolute atomic E-state index is 0.0508. The van der Waals surface area contributed by atoms with Crippen molar-refractivity contribution in [3.63, 3.8) is 0 Å². The van der Waals surface area contributed by atoms with Crippen molar-refractivity contribution in [3.05, 3.63) is 88.8 Å². The van der Waals surface area contributed by atoms with Gasteiger partial charge in [-0.1, -0.05) is 40.5 Å². The van der Waals surface area contributed by atoms with Crippen molar-refractivity contribution in [1.29, 1.82) is 0 Å². The van der Waals surface area contributed by atoms with Gasteiger partial charge in [-0.3, -0.25) is 33.7 Å². The van der Waals surface area contributed by atoms with Gasteiger partial charge in [0.2, 0.25) is 17.7 Å². The van der Waals surface area contributed by atoms with E-state index in [2.05, 4.69) is 60.9 Å². The molecule has 6 fully saturated rings. The van der Waals surface area contributed by atoms with Crippen LogP contribution < -0.4 is 26.6 Å². The molecular formula is C50H64Cl2N16O5. The Morgan fingerprint density at radius 2 is 1.56 bits per heavy atom. The zero-order valence-electron chi connectivity index (χ0n) is 41.0. The second-order valence-electron chi connectivity index (χ2n) is 20.3. The first-order valence-electron chi connectivity index (χ1n) is 25.4. The van der Waals surface area contributed by atoms with Crippen LogP contribution in [0.2, 0.25) is 10.2 Å². The van der Waals surface area contributed by atoms with Crippen molar-refractivity contribution in [2.45, 2.75) is 68.7 Å². The lowest BCUT2D eigenvalue weighted by molar-refractivity contribution is -0.203. The molecule has 4 aromatic heterocycles. The van der Waals surface area contributed by atoms with Crippen LogP contribution in [0.25, 0.3) is 11.0 Å². The van der Waals surface area contributed by atoms with Gasteiger partial charge in [0.15, 0.2) is 5.15 Å². The van der Waals surface area contributed by atoms with E-state index in [1.54, 1.807) is 40.4 Å². The summed E-state index contributed by atoms with van der Waals surface area (Å²) in [7, 11) is 0. The molecular weight excluding hydrogens is 976 g/mol. The van der Waals surface area contributed by atoms with Gasteiger partial charge in [-0.15, -0.1) is 5.10 Å². The number of ether oxygens (including phenoxy) is 1. The predicted octanol–water partition coefficient (Wildman–Crippen LogP) is 2.96. The number of hydrogen-bond acceptors (Lipinski definition) is 15. The standard InChI is InChI=1S/C50H64Cl2N16O5/c51-36-3-1-35(2-4-36)38(61-46(71)50(53)13-19-65(20-14-50)44-37-7-15-55-43(37)56-34-57-44)8-18-63-23-29-67(30-24-63)47(72)48-9-11-49(12-10-48,73-33-48)32-64-25-27-66(28-26-64)45(70)40-6-5-39(42(52)60-40)59-41(69)31-54-16-21-68-22-17-58-62-68/h1-7,15,17,22,34,38,54H,8-14,16,18-21,23-33,53H2,(H,59,69)(H,61,71)(H,55,56,57)/t38-,48?,49?/m0/s1. The lowest BCUT2D eigenvalue weighted by atomic mass is 9.65. The van der Waals surface area contributed by atoms with Gasteiger partial charge in [-0.05, 0) is 80.8 Å². The van der Waals surface area contributed by atoms with Crippen LogP contribution in [0.15, 0.2) is 67.4 Å². The van der Waals surface area contributed by atoms with Crippen LogP contribution in [0.1, 0.15) is 67.0 Å². The Kier molecular flexibility index (Phi) is 15.3. The Balaban J connectivity index is 0.650. The number of halogens is 2. The summed E-state index contributed by atoms with van der Waals surface area (Å²) in [5, 5.41) is 18.4. The molecule has 1 aromatic carbocycles. The minimum atomic E-state index is -1.02. The molecule has 2 bridgehead atoms. The molecule has 73 heavy (non-hydrogen) atoms. The second-order valence-corrected chi connectivity index (χ2v) is 21.1. The number of carbonyl (C=O) groups is 4. The maximum atomic E-state index is 14.3. The number of carbonyl (C=O) groups excluding carboxylic acids is 4. The summed E-state index contributed by atoms with van der Waals surface area (Å²) >= 11 is 12.7. The Hall–Kier alpha value is -5.81. The van der Waals surface area contributed by atoms with Gasteiger partial charge in [0.1, 0.15) is 23.5 Å². The number of nitrogens with two attached hydrogens (primary N) is 1. The first-order valence-corrected chi connectivity index (χ1v) is 26.2. The van der Waals surface area contributed by atoms with E-state index in [9.17, 15) is 19.2 Å². The van der Waals surface area contributed by atoms with E-state index < -0.39 is 11.0 Å². The molecule has 0 radical (unpaired) electrons. The normalized spacial score (nSPS) is 22.9. The third-order valence-electron chi connectivity index (χ3n) is 15.7. The van der Waals surface area contributed by atoms with Gasteiger partial charge in [0.25, 0.3) is 5.91 Å². The molecule has 9 heterocycles. The molecule has 0 spiro atoms. The number of pyridine rings is 1. The second kappa shape index (κ2) is 22.0. The highest BCUT2D eigenvalue weighted by Crippen LogP contribution is 2.50. The van der Waals surface area contributed by atoms with Gasteiger partial charge in [0.05, 0.1) is 59.6 Å². The van der Waals surface area contributed by atoms with Crippen LogP contribution in [-0.2, 0) is 25.7 Å². The van der Waals surface area contributed by atoms with Gasteiger partial charge >= 0.3 is 0 Å². The van der Waals surface area contributed by atoms with Gasteiger partial charge < -0.3 is 46.1 Å². The smallest absolute Gasteiger partial charge is 0.272 e. The lowest BCUT2D eigenvalue weighted by Crippen LogP contribution is -2.63. The molecule has 1 saturated carbocycles. The SMILES string of the molecule is NC1(C(=O)N[C@@H](CCN2CCN(C(=O)C34CCC(CN5CCN(C(=O)c6ccc(NC(=O)CNCCn7ccnn7)c(Cl)n6)CC5)(CC3)OC4)CC2)c2ccc(Cl)cc2)CCN(c2ncnc3[nH]ccc23)CC1. The van der Waals surface area contributed by atoms with Gasteiger partial charge in [0, 0.05) is 102 Å². The predicted molar refractivity (Wildman–Crippen MR) is 275 cm³/mol. The molecule has 0 unspecified atom stereocenters. The van der Waals surface area contributed by atoms with Crippen molar-refractivity contribution in [1.82, 2.24) is 65.2 Å². The number of aromatic nitrogens is 7. The number of hydrogen-bond donors (Lipinski definition) is 5. The molecule has 4 amide bonds. The minimum Gasteiger partial charge on any atom is -0.373 e. The van der Waals surface area contributed by atoms with Crippen LogP contribution in [0.5, 0.6) is 0 Å². The highest BCUT2D eigenvalue weighted by Gasteiger charge is 2.55.